The van der Waals surface area contributed by atoms with E-state index < -0.39 is 17.9 Å². The second-order valence-electron chi connectivity index (χ2n) is 8.70. The zero-order valence-corrected chi connectivity index (χ0v) is 21.0. The van der Waals surface area contributed by atoms with E-state index in [4.69, 9.17) is 10.1 Å². The number of rotatable bonds is 7. The Balaban J connectivity index is 1.73. The van der Waals surface area contributed by atoms with Crippen LogP contribution < -0.4 is 10.9 Å². The summed E-state index contributed by atoms with van der Waals surface area (Å²) in [5.41, 5.74) is 0.445. The Bertz CT molecular complexity index is 1510. The van der Waals surface area contributed by atoms with E-state index in [0.717, 1.165) is 18.9 Å². The fourth-order valence-electron chi connectivity index (χ4n) is 3.52. The Morgan fingerprint density at radius 3 is 2.78 bits per heavy atom. The number of thiazole rings is 1. The summed E-state index contributed by atoms with van der Waals surface area (Å²) in [5, 5.41) is 11.0. The Morgan fingerprint density at radius 1 is 1.35 bits per heavy atom. The van der Waals surface area contributed by atoms with Gasteiger partial charge >= 0.3 is 0 Å². The molecule has 3 aromatic rings. The molecule has 0 spiro atoms. The molecule has 1 aliphatic rings. The topological polar surface area (TPSA) is 97.1 Å². The highest BCUT2D eigenvalue weighted by Gasteiger charge is 2.21. The van der Waals surface area contributed by atoms with Crippen LogP contribution in [0.25, 0.3) is 11.1 Å². The minimum atomic E-state index is -2.72. The van der Waals surface area contributed by atoms with Gasteiger partial charge in [-0.15, -0.1) is 0 Å². The van der Waals surface area contributed by atoms with Gasteiger partial charge in [-0.05, 0) is 43.9 Å². The van der Waals surface area contributed by atoms with Gasteiger partial charge in [-0.25, -0.2) is 13.8 Å². The lowest BCUT2D eigenvalue weighted by Crippen LogP contribution is -2.27. The third-order valence-corrected chi connectivity index (χ3v) is 6.32. The van der Waals surface area contributed by atoms with Gasteiger partial charge in [-0.1, -0.05) is 41.9 Å². The van der Waals surface area contributed by atoms with Crippen LogP contribution in [0.2, 0.25) is 0 Å². The summed E-state index contributed by atoms with van der Waals surface area (Å²) in [7, 11) is 0. The summed E-state index contributed by atoms with van der Waals surface area (Å²) in [6, 6.07) is 5.27. The van der Waals surface area contributed by atoms with Crippen LogP contribution in [0.15, 0.2) is 53.8 Å². The molecular weight excluding hydrogens is 498 g/mol. The average molecular weight is 523 g/mol. The van der Waals surface area contributed by atoms with Crippen molar-refractivity contribution in [2.75, 3.05) is 5.32 Å². The van der Waals surface area contributed by atoms with E-state index in [1.54, 1.807) is 20.0 Å². The average Bonchev–Trinajstić information content (AvgIpc) is 3.56. The largest absolute Gasteiger partial charge is 0.447 e. The highest BCUT2D eigenvalue weighted by atomic mass is 32.1. The van der Waals surface area contributed by atoms with E-state index in [1.165, 1.54) is 40.3 Å². The summed E-state index contributed by atoms with van der Waals surface area (Å²) >= 11 is 1.21. The van der Waals surface area contributed by atoms with Crippen molar-refractivity contribution >= 4 is 28.3 Å². The highest BCUT2D eigenvalue weighted by Crippen LogP contribution is 2.32. The molecule has 0 aliphatic heterocycles. The first-order chi connectivity index (χ1) is 17.6. The quantitative estimate of drug-likeness (QED) is 0.178. The lowest BCUT2D eigenvalue weighted by molar-refractivity contribution is 0.102. The molecule has 190 valence electrons. The van der Waals surface area contributed by atoms with Crippen molar-refractivity contribution in [1.82, 2.24) is 9.55 Å². The fourth-order valence-corrected chi connectivity index (χ4v) is 4.19. The van der Waals surface area contributed by atoms with Crippen molar-refractivity contribution in [1.29, 1.82) is 5.41 Å². The number of carbonyl (C=O) groups is 1. The Kier molecular flexibility index (Phi) is 7.64. The maximum absolute atomic E-state index is 13.5. The Labute approximate surface area is 216 Å². The van der Waals surface area contributed by atoms with Gasteiger partial charge in [0.05, 0.1) is 22.4 Å². The highest BCUT2D eigenvalue weighted by molar-refractivity contribution is 7.16. The van der Waals surface area contributed by atoms with E-state index in [0.29, 0.717) is 27.1 Å². The van der Waals surface area contributed by atoms with Gasteiger partial charge in [0, 0.05) is 29.3 Å². The van der Waals surface area contributed by atoms with E-state index in [-0.39, 0.29) is 34.9 Å². The van der Waals surface area contributed by atoms with Crippen LogP contribution in [0.5, 0.6) is 0 Å². The van der Waals surface area contributed by atoms with Gasteiger partial charge in [-0.2, -0.15) is 0 Å². The normalized spacial score (nSPS) is 12.6. The summed E-state index contributed by atoms with van der Waals surface area (Å²) in [6.45, 7) is 6.63. The van der Waals surface area contributed by atoms with Gasteiger partial charge in [-0.3, -0.25) is 20.3 Å². The molecule has 1 saturated carbocycles. The van der Waals surface area contributed by atoms with Gasteiger partial charge in [0.1, 0.15) is 6.54 Å². The number of halogens is 2. The van der Waals surface area contributed by atoms with Gasteiger partial charge in [0.15, 0.2) is 5.13 Å². The molecule has 0 saturated heterocycles. The van der Waals surface area contributed by atoms with Crippen molar-refractivity contribution in [3.05, 3.63) is 80.9 Å². The number of nitrogens with one attached hydrogen (secondary N) is 2. The van der Waals surface area contributed by atoms with Gasteiger partial charge < -0.3 is 9.30 Å². The van der Waals surface area contributed by atoms with Crippen LogP contribution >= 0.6 is 11.3 Å². The van der Waals surface area contributed by atoms with E-state index >= 15 is 0 Å². The number of nitrogens with zero attached hydrogens (tertiary/aromatic N) is 2. The molecule has 4 rings (SSSR count). The minimum Gasteiger partial charge on any atom is -0.447 e. The molecular formula is C27H24F2N4O3S. The first kappa shape index (κ1) is 26.0. The number of anilines is 1. The fraction of sp³-hybridized carbons (Fsp3) is 0.259. The molecule has 0 bridgehead atoms. The van der Waals surface area contributed by atoms with Gasteiger partial charge in [0.2, 0.25) is 5.90 Å². The van der Waals surface area contributed by atoms with Crippen molar-refractivity contribution < 1.29 is 18.3 Å². The second kappa shape index (κ2) is 10.9. The molecule has 2 heterocycles. The predicted octanol–water partition coefficient (Wildman–Crippen LogP) is 5.76. The number of benzene rings is 1. The maximum atomic E-state index is 13.5. The molecule has 1 aliphatic carbocycles. The van der Waals surface area contributed by atoms with Crippen LogP contribution in [-0.4, -0.2) is 21.4 Å². The molecule has 2 N–H and O–H groups in total. The number of amides is 1. The zero-order chi connectivity index (χ0) is 26.7. The Hall–Kier alpha value is -4.10. The molecule has 1 amide bonds. The van der Waals surface area contributed by atoms with Crippen LogP contribution in [0, 0.1) is 30.1 Å². The van der Waals surface area contributed by atoms with Crippen LogP contribution in [0.4, 0.5) is 13.9 Å². The van der Waals surface area contributed by atoms with E-state index in [1.807, 2.05) is 0 Å². The first-order valence-electron chi connectivity index (χ1n) is 11.4. The first-order valence-corrected chi connectivity index (χ1v) is 12.3. The van der Waals surface area contributed by atoms with Gasteiger partial charge in [0.25, 0.3) is 17.9 Å². The molecule has 1 aromatic carbocycles. The minimum absolute atomic E-state index is 0.0102. The molecule has 1 fully saturated rings. The molecule has 0 atom stereocenters. The van der Waals surface area contributed by atoms with Crippen LogP contribution in [0.1, 0.15) is 52.6 Å². The monoisotopic (exact) mass is 522 g/mol. The number of aryl methyl sites for hydroxylation is 1. The lowest BCUT2D eigenvalue weighted by Gasteiger charge is -2.16. The molecule has 2 aromatic heterocycles. The van der Waals surface area contributed by atoms with E-state index in [9.17, 15) is 18.4 Å². The molecule has 0 unspecified atom stereocenters. The number of alkyl halides is 2. The smallest absolute Gasteiger partial charge is 0.263 e. The lowest BCUT2D eigenvalue weighted by atomic mass is 9.95. The molecule has 0 radical (unpaired) electrons. The SMILES string of the molecule is C=C(C)OC(=N)Cn1cc(-c2cc(C(F)F)ccc2C)c(C(=O)Nc2ncc(C#CC3CC3)s2)cc1=O. The summed E-state index contributed by atoms with van der Waals surface area (Å²) in [5.74, 6) is 6.01. The van der Waals surface area contributed by atoms with Crippen LogP contribution in [-0.2, 0) is 11.3 Å². The third-order valence-electron chi connectivity index (χ3n) is 5.49. The molecule has 10 heteroatoms. The number of allylic oxidation sites excluding steroid dienone is 1. The number of pyridine rings is 1. The zero-order valence-electron chi connectivity index (χ0n) is 20.2. The predicted molar refractivity (Wildman–Crippen MR) is 139 cm³/mol. The number of aromatic nitrogens is 2. The molecule has 37 heavy (non-hydrogen) atoms. The van der Waals surface area contributed by atoms with Crippen LogP contribution in [0.3, 0.4) is 0 Å². The number of hydrogen-bond acceptors (Lipinski definition) is 6. The second-order valence-corrected chi connectivity index (χ2v) is 9.73. The van der Waals surface area contributed by atoms with E-state index in [2.05, 4.69) is 28.7 Å². The standard InChI is InChI=1S/C27H24F2N4O3S/c1-15(2)36-23(30)14-33-13-22(20-10-18(25(28)29)8-4-16(20)3)21(11-24(33)34)26(35)32-27-31-12-19(37-27)9-7-17-5-6-17/h4,8,10-13,17,25,30H,1,5-6,14H2,2-3H3,(H,31,32,35). The van der Waals surface area contributed by atoms with Crippen molar-refractivity contribution in [2.45, 2.75) is 39.7 Å². The summed E-state index contributed by atoms with van der Waals surface area (Å²) in [6.07, 6.45) is 2.41. The summed E-state index contributed by atoms with van der Waals surface area (Å²) in [4.78, 5) is 31.1. The molecule has 7 nitrogen and oxygen atoms in total. The van der Waals surface area contributed by atoms with Crippen molar-refractivity contribution in [3.63, 3.8) is 0 Å². The maximum Gasteiger partial charge on any atom is 0.263 e. The summed E-state index contributed by atoms with van der Waals surface area (Å²) < 4.78 is 33.3. The number of carbonyl (C=O) groups excluding carboxylic acids is 1. The number of ether oxygens (including phenoxy) is 1. The Morgan fingerprint density at radius 2 is 2.11 bits per heavy atom. The number of hydrogen-bond donors (Lipinski definition) is 2. The van der Waals surface area contributed by atoms with Crippen molar-refractivity contribution in [2.24, 2.45) is 5.92 Å². The van der Waals surface area contributed by atoms with Crippen molar-refractivity contribution in [3.8, 4) is 23.0 Å². The third kappa shape index (κ3) is 6.57.